The quantitative estimate of drug-likeness (QED) is 0.635. The van der Waals surface area contributed by atoms with Crippen molar-refractivity contribution in [3.63, 3.8) is 0 Å². The van der Waals surface area contributed by atoms with Gasteiger partial charge in [-0.3, -0.25) is 24.2 Å². The van der Waals surface area contributed by atoms with Crippen molar-refractivity contribution >= 4 is 46.2 Å². The van der Waals surface area contributed by atoms with Crippen LogP contribution in [0.25, 0.3) is 11.6 Å². The molecule has 0 spiro atoms. The average Bonchev–Trinajstić information content (AvgIpc) is 3.47. The Morgan fingerprint density at radius 1 is 1.09 bits per heavy atom. The second kappa shape index (κ2) is 9.25. The summed E-state index contributed by atoms with van der Waals surface area (Å²) in [5.74, 6) is -0.438. The zero-order chi connectivity index (χ0) is 23.8. The number of fused-ring (bicyclic) bond motifs is 1. The number of benzene rings is 1. The first-order valence-corrected chi connectivity index (χ1v) is 12.1. The molecule has 1 aromatic carbocycles. The number of allylic oxidation sites excluding steroid dienone is 1. The van der Waals surface area contributed by atoms with Gasteiger partial charge in [-0.1, -0.05) is 11.6 Å². The maximum Gasteiger partial charge on any atom is 0.293 e. The van der Waals surface area contributed by atoms with Gasteiger partial charge in [0.15, 0.2) is 0 Å². The lowest BCUT2D eigenvalue weighted by molar-refractivity contribution is -0.123. The van der Waals surface area contributed by atoms with E-state index in [1.165, 1.54) is 4.90 Å². The monoisotopic (exact) mass is 478 g/mol. The topological polar surface area (TPSA) is 94.7 Å². The van der Waals surface area contributed by atoms with Gasteiger partial charge in [-0.2, -0.15) is 0 Å². The second-order valence-electron chi connectivity index (χ2n) is 8.83. The molecule has 0 unspecified atom stereocenters. The number of aromatic nitrogens is 1. The first-order chi connectivity index (χ1) is 16.4. The van der Waals surface area contributed by atoms with Crippen LogP contribution in [0.5, 0.6) is 0 Å². The van der Waals surface area contributed by atoms with Crippen molar-refractivity contribution in [2.75, 3.05) is 31.6 Å². The van der Waals surface area contributed by atoms with Gasteiger partial charge in [-0.15, -0.1) is 0 Å². The van der Waals surface area contributed by atoms with Gasteiger partial charge in [0.25, 0.3) is 17.1 Å². The predicted octanol–water partition coefficient (Wildman–Crippen LogP) is 3.83. The van der Waals surface area contributed by atoms with E-state index >= 15 is 0 Å². The normalized spacial score (nSPS) is 19.8. The van der Waals surface area contributed by atoms with Gasteiger partial charge in [0, 0.05) is 42.8 Å². The largest absolute Gasteiger partial charge is 0.379 e. The zero-order valence-corrected chi connectivity index (χ0v) is 20.0. The fourth-order valence-electron chi connectivity index (χ4n) is 4.31. The van der Waals surface area contributed by atoms with E-state index in [-0.39, 0.29) is 23.6 Å². The van der Waals surface area contributed by atoms with Crippen LogP contribution in [0.3, 0.4) is 0 Å². The van der Waals surface area contributed by atoms with Gasteiger partial charge in [0.05, 0.1) is 30.2 Å². The lowest BCUT2D eigenvalue weighted by Crippen LogP contribution is -2.35. The smallest absolute Gasteiger partial charge is 0.293 e. The van der Waals surface area contributed by atoms with Crippen LogP contribution in [0.2, 0.25) is 0 Å². The molecular weight excluding hydrogens is 452 g/mol. The number of morpholine rings is 1. The molecule has 0 saturated carbocycles. The van der Waals surface area contributed by atoms with Crippen molar-refractivity contribution in [1.82, 2.24) is 14.8 Å². The van der Waals surface area contributed by atoms with E-state index in [0.717, 1.165) is 78.3 Å². The Hall–Kier alpha value is -3.14. The number of aromatic amines is 1. The van der Waals surface area contributed by atoms with Gasteiger partial charge >= 0.3 is 0 Å². The minimum atomic E-state index is -0.272. The van der Waals surface area contributed by atoms with Crippen molar-refractivity contribution < 1.29 is 19.1 Å². The van der Waals surface area contributed by atoms with Gasteiger partial charge in [-0.05, 0) is 61.0 Å². The summed E-state index contributed by atoms with van der Waals surface area (Å²) in [4.78, 5) is 45.0. The highest BCUT2D eigenvalue weighted by Crippen LogP contribution is 2.37. The molecule has 4 heterocycles. The molecule has 1 aromatic heterocycles. The van der Waals surface area contributed by atoms with Crippen molar-refractivity contribution in [2.24, 2.45) is 0 Å². The lowest BCUT2D eigenvalue weighted by atomic mass is 10.0. The molecule has 3 amide bonds. The third-order valence-electron chi connectivity index (χ3n) is 6.09. The van der Waals surface area contributed by atoms with Gasteiger partial charge in [-0.25, -0.2) is 0 Å². The molecule has 3 aliphatic rings. The van der Waals surface area contributed by atoms with Crippen molar-refractivity contribution in [3.8, 4) is 0 Å². The Balaban J connectivity index is 1.36. The number of rotatable bonds is 5. The Bertz CT molecular complexity index is 1240. The van der Waals surface area contributed by atoms with Crippen LogP contribution in [0.1, 0.15) is 36.2 Å². The Morgan fingerprint density at radius 2 is 1.88 bits per heavy atom. The number of anilines is 1. The van der Waals surface area contributed by atoms with Crippen molar-refractivity contribution in [1.29, 1.82) is 0 Å². The summed E-state index contributed by atoms with van der Waals surface area (Å²) in [5, 5.41) is 2.63. The Labute approximate surface area is 202 Å². The minimum absolute atomic E-state index is 0.169. The number of ether oxygens (including phenoxy) is 1. The molecule has 8 nitrogen and oxygen atoms in total. The Morgan fingerprint density at radius 3 is 2.62 bits per heavy atom. The van der Waals surface area contributed by atoms with Crippen LogP contribution in [0.15, 0.2) is 40.9 Å². The highest BCUT2D eigenvalue weighted by atomic mass is 32.2. The number of amides is 3. The molecule has 176 valence electrons. The minimum Gasteiger partial charge on any atom is -0.379 e. The number of H-pyrrole nitrogens is 1. The van der Waals surface area contributed by atoms with Crippen LogP contribution < -0.4 is 5.32 Å². The standard InChI is InChI=1S/C25H26N4O4S/c1-15(2)22-24(31)29(25(32)34-22)14-16-3-4-21-19(10-16)20(23(30)27-21)11-18-9-17(12-26-18)13-28-5-7-33-8-6-28/h3-4,9-12,26H,5-8,13-14H2,1-2H3,(H,27,30). The van der Waals surface area contributed by atoms with Gasteiger partial charge < -0.3 is 15.0 Å². The van der Waals surface area contributed by atoms with Crippen molar-refractivity contribution in [3.05, 3.63) is 63.3 Å². The molecule has 0 radical (unpaired) electrons. The molecule has 0 atom stereocenters. The molecule has 2 saturated heterocycles. The van der Waals surface area contributed by atoms with Crippen LogP contribution in [0.4, 0.5) is 10.5 Å². The summed E-state index contributed by atoms with van der Waals surface area (Å²) < 4.78 is 5.41. The first-order valence-electron chi connectivity index (χ1n) is 11.2. The maximum atomic E-state index is 12.7. The number of imide groups is 1. The number of nitrogens with zero attached hydrogens (tertiary/aromatic N) is 2. The van der Waals surface area contributed by atoms with Crippen molar-refractivity contribution in [2.45, 2.75) is 26.9 Å². The molecule has 2 aromatic rings. The highest BCUT2D eigenvalue weighted by Gasteiger charge is 2.36. The summed E-state index contributed by atoms with van der Waals surface area (Å²) in [6.45, 7) is 7.99. The molecule has 34 heavy (non-hydrogen) atoms. The van der Waals surface area contributed by atoms with E-state index < -0.39 is 0 Å². The zero-order valence-electron chi connectivity index (χ0n) is 19.1. The fourth-order valence-corrected chi connectivity index (χ4v) is 5.14. The molecule has 5 rings (SSSR count). The second-order valence-corrected chi connectivity index (χ2v) is 9.79. The highest BCUT2D eigenvalue weighted by molar-refractivity contribution is 8.18. The molecule has 0 aliphatic carbocycles. The SMILES string of the molecule is CC(C)=C1SC(=O)N(Cc2ccc3c(c2)C(=Cc2cc(CN4CCOCC4)c[nH]2)C(=O)N3)C1=O. The third-order valence-corrected chi connectivity index (χ3v) is 7.27. The van der Waals surface area contributed by atoms with E-state index in [4.69, 9.17) is 4.74 Å². The number of nitrogens with one attached hydrogen (secondary N) is 2. The molecular formula is C25H26N4O4S. The number of carbonyl (C=O) groups excluding carboxylic acids is 3. The van der Waals surface area contributed by atoms with Crippen LogP contribution in [0, 0.1) is 0 Å². The summed E-state index contributed by atoms with van der Waals surface area (Å²) in [6, 6.07) is 7.59. The number of hydrogen-bond donors (Lipinski definition) is 2. The van der Waals surface area contributed by atoms with Gasteiger partial charge in [0.2, 0.25) is 0 Å². The molecule has 0 bridgehead atoms. The summed E-state index contributed by atoms with van der Waals surface area (Å²) in [7, 11) is 0. The number of carbonyl (C=O) groups is 3. The lowest BCUT2D eigenvalue weighted by Gasteiger charge is -2.25. The van der Waals surface area contributed by atoms with E-state index in [1.54, 1.807) is 0 Å². The molecule has 3 aliphatic heterocycles. The first kappa shape index (κ1) is 22.6. The number of hydrogen-bond acceptors (Lipinski definition) is 6. The summed E-state index contributed by atoms with van der Waals surface area (Å²) in [5.41, 5.74) is 5.66. The summed E-state index contributed by atoms with van der Waals surface area (Å²) in [6.07, 6.45) is 3.81. The van der Waals surface area contributed by atoms with E-state index in [1.807, 2.05) is 44.3 Å². The van der Waals surface area contributed by atoms with E-state index in [9.17, 15) is 14.4 Å². The van der Waals surface area contributed by atoms with Crippen LogP contribution >= 0.6 is 11.8 Å². The number of thioether (sulfide) groups is 1. The van der Waals surface area contributed by atoms with E-state index in [2.05, 4.69) is 21.3 Å². The van der Waals surface area contributed by atoms with Crippen LogP contribution in [-0.2, 0) is 27.4 Å². The van der Waals surface area contributed by atoms with Crippen LogP contribution in [-0.4, -0.2) is 58.1 Å². The third kappa shape index (κ3) is 4.46. The molecule has 9 heteroatoms. The summed E-state index contributed by atoms with van der Waals surface area (Å²) >= 11 is 0.977. The predicted molar refractivity (Wildman–Crippen MR) is 132 cm³/mol. The molecule has 2 fully saturated rings. The van der Waals surface area contributed by atoms with Gasteiger partial charge in [0.1, 0.15) is 0 Å². The average molecular weight is 479 g/mol. The maximum absolute atomic E-state index is 12.7. The van der Waals surface area contributed by atoms with E-state index in [0.29, 0.717) is 10.5 Å². The fraction of sp³-hybridized carbons (Fsp3) is 0.320. The molecule has 2 N–H and O–H groups in total. The Kier molecular flexibility index (Phi) is 6.16.